The number of hydrogen-bond acceptors (Lipinski definition) is 4. The molecule has 16 heavy (non-hydrogen) atoms. The molecular formula is C11H17N3O2. The molecule has 1 aromatic heterocycles. The Morgan fingerprint density at radius 1 is 1.56 bits per heavy atom. The van der Waals surface area contributed by atoms with Gasteiger partial charge >= 0.3 is 0 Å². The first kappa shape index (κ1) is 12.6. The Bertz CT molecular complexity index is 368. The Hall–Kier alpha value is -1.49. The predicted molar refractivity (Wildman–Crippen MR) is 62.4 cm³/mol. The van der Waals surface area contributed by atoms with Crippen LogP contribution < -0.4 is 5.32 Å². The Morgan fingerprint density at radius 3 is 2.81 bits per heavy atom. The molecular weight excluding hydrogens is 206 g/mol. The highest BCUT2D eigenvalue weighted by molar-refractivity contribution is 5.37. The third kappa shape index (κ3) is 2.76. The molecule has 2 unspecified atom stereocenters. The van der Waals surface area contributed by atoms with Gasteiger partial charge in [-0.25, -0.2) is 0 Å². The van der Waals surface area contributed by atoms with Gasteiger partial charge in [-0.3, -0.25) is 15.1 Å². The van der Waals surface area contributed by atoms with Gasteiger partial charge in [-0.05, 0) is 19.5 Å². The fraction of sp³-hybridized carbons (Fsp3) is 0.545. The maximum atomic E-state index is 10.9. The second-order valence-corrected chi connectivity index (χ2v) is 3.80. The Labute approximate surface area is 95.0 Å². The lowest BCUT2D eigenvalue weighted by Gasteiger charge is -2.19. The van der Waals surface area contributed by atoms with Crippen LogP contribution in [0.4, 0.5) is 5.69 Å². The predicted octanol–water partition coefficient (Wildman–Crippen LogP) is 2.09. The molecule has 1 heterocycles. The molecule has 88 valence electrons. The number of aromatic nitrogens is 1. The summed E-state index contributed by atoms with van der Waals surface area (Å²) >= 11 is 0. The molecule has 1 rings (SSSR count). The molecule has 5 heteroatoms. The molecule has 0 aromatic carbocycles. The van der Waals surface area contributed by atoms with Crippen molar-refractivity contribution in [2.24, 2.45) is 0 Å². The average Bonchev–Trinajstić information content (AvgIpc) is 2.28. The van der Waals surface area contributed by atoms with Gasteiger partial charge in [0.25, 0.3) is 5.69 Å². The van der Waals surface area contributed by atoms with Crippen molar-refractivity contribution in [3.05, 3.63) is 34.1 Å². The summed E-state index contributed by atoms with van der Waals surface area (Å²) in [5.74, 6) is 0.0153. The first-order valence-electron chi connectivity index (χ1n) is 5.40. The molecule has 0 spiro atoms. The lowest BCUT2D eigenvalue weighted by atomic mass is 9.98. The molecule has 0 aliphatic heterocycles. The van der Waals surface area contributed by atoms with E-state index in [-0.39, 0.29) is 22.6 Å². The molecule has 0 bridgehead atoms. The summed E-state index contributed by atoms with van der Waals surface area (Å²) in [7, 11) is 0. The van der Waals surface area contributed by atoms with Crippen LogP contribution in [0.5, 0.6) is 0 Å². The lowest BCUT2D eigenvalue weighted by molar-refractivity contribution is -0.386. The van der Waals surface area contributed by atoms with Gasteiger partial charge in [0, 0.05) is 24.2 Å². The number of nitrogens with one attached hydrogen (secondary N) is 1. The summed E-state index contributed by atoms with van der Waals surface area (Å²) in [4.78, 5) is 14.6. The number of nitrogens with zero attached hydrogens (tertiary/aromatic N) is 2. The summed E-state index contributed by atoms with van der Waals surface area (Å²) in [5.41, 5.74) is 0.640. The average molecular weight is 223 g/mol. The molecule has 0 radical (unpaired) electrons. The maximum Gasteiger partial charge on any atom is 0.291 e. The van der Waals surface area contributed by atoms with E-state index in [4.69, 9.17) is 0 Å². The zero-order valence-corrected chi connectivity index (χ0v) is 9.80. The van der Waals surface area contributed by atoms with E-state index >= 15 is 0 Å². The first-order valence-corrected chi connectivity index (χ1v) is 5.40. The molecule has 0 fully saturated rings. The largest absolute Gasteiger partial charge is 0.314 e. The van der Waals surface area contributed by atoms with Crippen LogP contribution in [0.25, 0.3) is 0 Å². The van der Waals surface area contributed by atoms with Crippen LogP contribution in [0, 0.1) is 10.1 Å². The summed E-state index contributed by atoms with van der Waals surface area (Å²) < 4.78 is 0. The molecule has 1 aromatic rings. The van der Waals surface area contributed by atoms with E-state index in [2.05, 4.69) is 10.3 Å². The summed E-state index contributed by atoms with van der Waals surface area (Å²) in [5, 5.41) is 14.1. The Balaban J connectivity index is 2.98. The lowest BCUT2D eigenvalue weighted by Crippen LogP contribution is -2.31. The third-order valence-electron chi connectivity index (χ3n) is 2.72. The second kappa shape index (κ2) is 5.55. The molecule has 0 aliphatic carbocycles. The van der Waals surface area contributed by atoms with Crippen molar-refractivity contribution in [2.75, 3.05) is 6.54 Å². The van der Waals surface area contributed by atoms with Crippen LogP contribution in [0.2, 0.25) is 0 Å². The van der Waals surface area contributed by atoms with Gasteiger partial charge in [0.15, 0.2) is 0 Å². The second-order valence-electron chi connectivity index (χ2n) is 3.80. The molecule has 0 aliphatic rings. The van der Waals surface area contributed by atoms with E-state index in [1.165, 1.54) is 6.07 Å². The summed E-state index contributed by atoms with van der Waals surface area (Å²) in [6.07, 6.45) is 1.59. The molecule has 2 atom stereocenters. The summed E-state index contributed by atoms with van der Waals surface area (Å²) in [6, 6.07) is 3.25. The van der Waals surface area contributed by atoms with E-state index < -0.39 is 0 Å². The minimum absolute atomic E-state index is 0.0153. The standard InChI is InChI=1S/C11H17N3O2/c1-4-12-9(3)8(2)11-10(14(15)16)6-5-7-13-11/h5-9,12H,4H2,1-3H3. The van der Waals surface area contributed by atoms with Crippen molar-refractivity contribution >= 4 is 5.69 Å². The smallest absolute Gasteiger partial charge is 0.291 e. The van der Waals surface area contributed by atoms with Crippen molar-refractivity contribution in [1.29, 1.82) is 0 Å². The van der Waals surface area contributed by atoms with Crippen molar-refractivity contribution in [3.63, 3.8) is 0 Å². The van der Waals surface area contributed by atoms with E-state index in [0.29, 0.717) is 5.69 Å². The highest BCUT2D eigenvalue weighted by Gasteiger charge is 2.23. The number of likely N-dealkylation sites (N-methyl/N-ethyl adjacent to an activating group) is 1. The zero-order valence-electron chi connectivity index (χ0n) is 9.80. The van der Waals surface area contributed by atoms with Gasteiger partial charge in [-0.1, -0.05) is 13.8 Å². The third-order valence-corrected chi connectivity index (χ3v) is 2.72. The number of pyridine rings is 1. The SMILES string of the molecule is CCNC(C)C(C)c1ncccc1[N+](=O)[O-]. The highest BCUT2D eigenvalue weighted by Crippen LogP contribution is 2.25. The zero-order chi connectivity index (χ0) is 12.1. The minimum Gasteiger partial charge on any atom is -0.314 e. The quantitative estimate of drug-likeness (QED) is 0.613. The van der Waals surface area contributed by atoms with Crippen molar-refractivity contribution in [2.45, 2.75) is 32.7 Å². The van der Waals surface area contributed by atoms with Crippen molar-refractivity contribution in [1.82, 2.24) is 10.3 Å². The normalized spacial score (nSPS) is 14.4. The number of nitro groups is 1. The van der Waals surface area contributed by atoms with Gasteiger partial charge in [-0.15, -0.1) is 0 Å². The first-order chi connectivity index (χ1) is 7.57. The molecule has 0 saturated carbocycles. The maximum absolute atomic E-state index is 10.9. The van der Waals surface area contributed by atoms with E-state index in [9.17, 15) is 10.1 Å². The molecule has 0 saturated heterocycles. The fourth-order valence-electron chi connectivity index (χ4n) is 1.65. The van der Waals surface area contributed by atoms with E-state index in [0.717, 1.165) is 6.54 Å². The molecule has 0 amide bonds. The van der Waals surface area contributed by atoms with Gasteiger partial charge < -0.3 is 5.32 Å². The summed E-state index contributed by atoms with van der Waals surface area (Å²) in [6.45, 7) is 6.80. The Kier molecular flexibility index (Phi) is 4.37. The van der Waals surface area contributed by atoms with Gasteiger partial charge in [-0.2, -0.15) is 0 Å². The molecule has 1 N–H and O–H groups in total. The van der Waals surface area contributed by atoms with Gasteiger partial charge in [0.2, 0.25) is 0 Å². The van der Waals surface area contributed by atoms with Crippen molar-refractivity contribution < 1.29 is 4.92 Å². The van der Waals surface area contributed by atoms with Crippen LogP contribution >= 0.6 is 0 Å². The van der Waals surface area contributed by atoms with E-state index in [1.54, 1.807) is 12.3 Å². The van der Waals surface area contributed by atoms with Crippen LogP contribution in [-0.2, 0) is 0 Å². The van der Waals surface area contributed by atoms with Gasteiger partial charge in [0.1, 0.15) is 5.69 Å². The fourth-order valence-corrected chi connectivity index (χ4v) is 1.65. The van der Waals surface area contributed by atoms with Gasteiger partial charge in [0.05, 0.1) is 4.92 Å². The van der Waals surface area contributed by atoms with Crippen LogP contribution in [0.1, 0.15) is 32.4 Å². The van der Waals surface area contributed by atoms with Crippen molar-refractivity contribution in [3.8, 4) is 0 Å². The highest BCUT2D eigenvalue weighted by atomic mass is 16.6. The van der Waals surface area contributed by atoms with Crippen LogP contribution in [-0.4, -0.2) is 22.5 Å². The monoisotopic (exact) mass is 223 g/mol. The van der Waals surface area contributed by atoms with Crippen LogP contribution in [0.3, 0.4) is 0 Å². The Morgan fingerprint density at radius 2 is 2.25 bits per heavy atom. The topological polar surface area (TPSA) is 68.1 Å². The van der Waals surface area contributed by atoms with Crippen LogP contribution in [0.15, 0.2) is 18.3 Å². The van der Waals surface area contributed by atoms with E-state index in [1.807, 2.05) is 20.8 Å². The number of rotatable bonds is 5. The molecule has 5 nitrogen and oxygen atoms in total. The minimum atomic E-state index is -0.377. The number of hydrogen-bond donors (Lipinski definition) is 1.